The maximum absolute atomic E-state index is 14.8. The van der Waals surface area contributed by atoms with Gasteiger partial charge in [-0.05, 0) is 23.3 Å². The summed E-state index contributed by atoms with van der Waals surface area (Å²) in [6.07, 6.45) is -5.21. The molecule has 0 bridgehead atoms. The smallest absolute Gasteiger partial charge is 0.430 e. The van der Waals surface area contributed by atoms with Crippen LogP contribution in [0.5, 0.6) is 5.75 Å². The number of alkyl halides is 3. The fourth-order valence-electron chi connectivity index (χ4n) is 4.15. The molecule has 0 aliphatic rings. The molecule has 3 aromatic rings. The zero-order valence-electron chi connectivity index (χ0n) is 20.7. The first kappa shape index (κ1) is 27.7. The minimum absolute atomic E-state index is 0.0676. The van der Waals surface area contributed by atoms with Crippen LogP contribution in [-0.2, 0) is 37.6 Å². The van der Waals surface area contributed by atoms with Gasteiger partial charge in [0.05, 0.1) is 14.2 Å². The van der Waals surface area contributed by atoms with Gasteiger partial charge in [-0.1, -0.05) is 72.8 Å². The lowest BCUT2D eigenvalue weighted by Gasteiger charge is -2.40. The molecule has 0 aliphatic heterocycles. The van der Waals surface area contributed by atoms with E-state index in [9.17, 15) is 22.8 Å². The van der Waals surface area contributed by atoms with E-state index < -0.39 is 35.3 Å². The van der Waals surface area contributed by atoms with E-state index in [-0.39, 0.29) is 13.0 Å². The first-order valence-electron chi connectivity index (χ1n) is 11.4. The highest BCUT2D eigenvalue weighted by molar-refractivity contribution is 5.91. The van der Waals surface area contributed by atoms with E-state index in [1.54, 1.807) is 54.6 Å². The van der Waals surface area contributed by atoms with E-state index in [2.05, 4.69) is 0 Å². The molecule has 0 spiro atoms. The summed E-state index contributed by atoms with van der Waals surface area (Å²) >= 11 is 0. The molecule has 196 valence electrons. The van der Waals surface area contributed by atoms with Gasteiger partial charge in [0.1, 0.15) is 11.8 Å². The molecular formula is C28H28F3NO5. The second kappa shape index (κ2) is 11.9. The predicted molar refractivity (Wildman–Crippen MR) is 131 cm³/mol. The van der Waals surface area contributed by atoms with Gasteiger partial charge in [-0.2, -0.15) is 13.2 Å². The van der Waals surface area contributed by atoms with Crippen molar-refractivity contribution in [2.24, 2.45) is 0 Å². The molecule has 0 radical (unpaired) electrons. The summed E-state index contributed by atoms with van der Waals surface area (Å²) in [5, 5.41) is 0. The highest BCUT2D eigenvalue weighted by Gasteiger charge is 2.64. The van der Waals surface area contributed by atoms with Crippen LogP contribution < -0.4 is 4.74 Å². The third-order valence-corrected chi connectivity index (χ3v) is 6.08. The van der Waals surface area contributed by atoms with Crippen LogP contribution in [0.3, 0.4) is 0 Å². The number of amides is 1. The Morgan fingerprint density at radius 3 is 1.86 bits per heavy atom. The Morgan fingerprint density at radius 2 is 1.38 bits per heavy atom. The van der Waals surface area contributed by atoms with Crippen LogP contribution in [-0.4, -0.2) is 50.3 Å². The Morgan fingerprint density at radius 1 is 0.811 bits per heavy atom. The van der Waals surface area contributed by atoms with Crippen molar-refractivity contribution in [3.05, 3.63) is 102 Å². The third-order valence-electron chi connectivity index (χ3n) is 6.08. The van der Waals surface area contributed by atoms with Crippen molar-refractivity contribution in [3.8, 4) is 5.75 Å². The molecule has 9 heteroatoms. The van der Waals surface area contributed by atoms with Gasteiger partial charge in [0.2, 0.25) is 0 Å². The number of hydrogen-bond donors (Lipinski definition) is 0. The molecule has 0 saturated carbocycles. The Balaban J connectivity index is 2.19. The topological polar surface area (TPSA) is 65.1 Å². The van der Waals surface area contributed by atoms with Gasteiger partial charge in [-0.25, -0.2) is 4.79 Å². The molecule has 0 heterocycles. The lowest BCUT2D eigenvalue weighted by Crippen LogP contribution is -2.60. The quantitative estimate of drug-likeness (QED) is 0.359. The molecule has 37 heavy (non-hydrogen) atoms. The fourth-order valence-corrected chi connectivity index (χ4v) is 4.15. The van der Waals surface area contributed by atoms with Crippen LogP contribution in [0, 0.1) is 0 Å². The van der Waals surface area contributed by atoms with Gasteiger partial charge in [0.15, 0.2) is 0 Å². The van der Waals surface area contributed by atoms with Crippen molar-refractivity contribution >= 4 is 11.9 Å². The summed E-state index contributed by atoms with van der Waals surface area (Å²) in [6.45, 7) is -0.316. The lowest BCUT2D eigenvalue weighted by molar-refractivity contribution is -0.271. The fraction of sp³-hybridized carbons (Fsp3) is 0.286. The van der Waals surface area contributed by atoms with Crippen molar-refractivity contribution in [2.45, 2.75) is 30.8 Å². The number of ether oxygens (including phenoxy) is 3. The van der Waals surface area contributed by atoms with Crippen molar-refractivity contribution in [2.75, 3.05) is 21.3 Å². The van der Waals surface area contributed by atoms with Gasteiger partial charge in [0.25, 0.3) is 11.5 Å². The van der Waals surface area contributed by atoms with E-state index >= 15 is 0 Å². The van der Waals surface area contributed by atoms with Crippen molar-refractivity contribution in [3.63, 3.8) is 0 Å². The number of rotatable bonds is 10. The highest BCUT2D eigenvalue weighted by atomic mass is 19.4. The number of hydrogen-bond acceptors (Lipinski definition) is 5. The van der Waals surface area contributed by atoms with E-state index in [0.29, 0.717) is 16.9 Å². The number of carbonyl (C=O) groups excluding carboxylic acids is 2. The van der Waals surface area contributed by atoms with E-state index in [1.807, 2.05) is 0 Å². The average molecular weight is 516 g/mol. The van der Waals surface area contributed by atoms with Gasteiger partial charge < -0.3 is 19.1 Å². The molecule has 1 amide bonds. The molecule has 3 rings (SSSR count). The average Bonchev–Trinajstić information content (AvgIpc) is 2.91. The first-order valence-corrected chi connectivity index (χ1v) is 11.4. The minimum atomic E-state index is -5.15. The van der Waals surface area contributed by atoms with Crippen LogP contribution in [0.4, 0.5) is 13.2 Å². The Hall–Kier alpha value is -3.85. The Labute approximate surface area is 213 Å². The van der Waals surface area contributed by atoms with E-state index in [0.717, 1.165) is 19.1 Å². The minimum Gasteiger partial charge on any atom is -0.497 e. The number of esters is 1. The van der Waals surface area contributed by atoms with Crippen molar-refractivity contribution in [1.82, 2.24) is 4.90 Å². The molecule has 0 unspecified atom stereocenters. The summed E-state index contributed by atoms with van der Waals surface area (Å²) in [5.74, 6) is -1.76. The molecular weight excluding hydrogens is 487 g/mol. The Kier molecular flexibility index (Phi) is 8.94. The third kappa shape index (κ3) is 5.94. The van der Waals surface area contributed by atoms with Crippen molar-refractivity contribution < 1.29 is 37.0 Å². The second-order valence-electron chi connectivity index (χ2n) is 8.26. The largest absolute Gasteiger partial charge is 0.497 e. The number of halogens is 3. The van der Waals surface area contributed by atoms with Gasteiger partial charge in [-0.15, -0.1) is 0 Å². The molecule has 3 aromatic carbocycles. The van der Waals surface area contributed by atoms with E-state index in [1.165, 1.54) is 37.4 Å². The number of methoxy groups -OCH3 is 3. The zero-order chi connectivity index (χ0) is 27.1. The van der Waals surface area contributed by atoms with Gasteiger partial charge in [0, 0.05) is 25.6 Å². The normalized spacial score (nSPS) is 13.8. The summed E-state index contributed by atoms with van der Waals surface area (Å²) in [6, 6.07) is 20.4. The Bertz CT molecular complexity index is 1170. The molecule has 0 N–H and O–H groups in total. The zero-order valence-corrected chi connectivity index (χ0v) is 20.7. The number of nitrogens with zero attached hydrogens (tertiary/aromatic N) is 1. The van der Waals surface area contributed by atoms with Crippen LogP contribution in [0.25, 0.3) is 0 Å². The highest BCUT2D eigenvalue weighted by Crippen LogP contribution is 2.44. The number of benzene rings is 3. The van der Waals surface area contributed by atoms with Crippen LogP contribution in [0.1, 0.15) is 16.7 Å². The first-order chi connectivity index (χ1) is 17.7. The lowest BCUT2D eigenvalue weighted by atomic mass is 9.89. The van der Waals surface area contributed by atoms with E-state index in [4.69, 9.17) is 14.2 Å². The van der Waals surface area contributed by atoms with Crippen LogP contribution in [0.2, 0.25) is 0 Å². The summed E-state index contributed by atoms with van der Waals surface area (Å²) in [4.78, 5) is 27.9. The van der Waals surface area contributed by atoms with Gasteiger partial charge in [-0.3, -0.25) is 4.79 Å². The molecule has 2 atom stereocenters. The second-order valence-corrected chi connectivity index (χ2v) is 8.26. The summed E-state index contributed by atoms with van der Waals surface area (Å²) in [5.41, 5.74) is -2.64. The standard InChI is InChI=1S/C28H28F3NO5/c1-35-23-16-14-21(15-17-23)19-32(24(25(33)36-2)18-20-10-6-4-7-11-20)26(34)27(37-3,28(29,30)31)22-12-8-5-9-13-22/h4-17,24H,18-19H2,1-3H3/t24-,27-/m0/s1. The predicted octanol–water partition coefficient (Wildman–Crippen LogP) is 4.91. The van der Waals surface area contributed by atoms with Crippen molar-refractivity contribution in [1.29, 1.82) is 0 Å². The maximum atomic E-state index is 14.8. The maximum Gasteiger partial charge on any atom is 0.430 e. The monoisotopic (exact) mass is 515 g/mol. The molecule has 0 aliphatic carbocycles. The van der Waals surface area contributed by atoms with Crippen LogP contribution >= 0.6 is 0 Å². The summed E-state index contributed by atoms with van der Waals surface area (Å²) < 4.78 is 59.5. The van der Waals surface area contributed by atoms with Gasteiger partial charge >= 0.3 is 12.1 Å². The molecule has 0 fully saturated rings. The molecule has 0 aromatic heterocycles. The molecule has 0 saturated heterocycles. The number of carbonyl (C=O) groups is 2. The molecule has 6 nitrogen and oxygen atoms in total. The summed E-state index contributed by atoms with van der Waals surface area (Å²) in [7, 11) is 3.43. The SMILES string of the molecule is COC(=O)[C@H](Cc1ccccc1)N(Cc1ccc(OC)cc1)C(=O)[C@@](OC)(c1ccccc1)C(F)(F)F. The van der Waals surface area contributed by atoms with Crippen LogP contribution in [0.15, 0.2) is 84.9 Å².